The number of benzene rings is 1. The number of rotatable bonds is 2. The van der Waals surface area contributed by atoms with Gasteiger partial charge in [-0.1, -0.05) is 12.1 Å². The molecule has 0 aliphatic heterocycles. The molecule has 0 fully saturated rings. The zero-order chi connectivity index (χ0) is 10.7. The summed E-state index contributed by atoms with van der Waals surface area (Å²) in [4.78, 5) is 0. The number of hydrogen-bond acceptors (Lipinski definition) is 3. The van der Waals surface area contributed by atoms with E-state index in [0.29, 0.717) is 5.56 Å². The Bertz CT molecular complexity index is 507. The minimum atomic E-state index is 0.614. The lowest BCUT2D eigenvalue weighted by Gasteiger charge is -2.03. The molecule has 74 valence electrons. The van der Waals surface area contributed by atoms with E-state index in [0.717, 1.165) is 11.5 Å². The summed E-state index contributed by atoms with van der Waals surface area (Å²) in [5.74, 6) is 0.736. The van der Waals surface area contributed by atoms with Crippen LogP contribution in [-0.2, 0) is 7.05 Å². The summed E-state index contributed by atoms with van der Waals surface area (Å²) < 4.78 is 1.71. The Morgan fingerprint density at radius 1 is 1.33 bits per heavy atom. The van der Waals surface area contributed by atoms with Crippen LogP contribution in [0.2, 0.25) is 0 Å². The summed E-state index contributed by atoms with van der Waals surface area (Å²) >= 11 is 0. The first-order valence-corrected chi connectivity index (χ1v) is 4.55. The van der Waals surface area contributed by atoms with Crippen molar-refractivity contribution in [3.05, 3.63) is 42.1 Å². The zero-order valence-electron chi connectivity index (χ0n) is 8.31. The van der Waals surface area contributed by atoms with Crippen molar-refractivity contribution >= 4 is 11.5 Å². The second-order valence-corrected chi connectivity index (χ2v) is 3.16. The molecule has 4 nitrogen and oxygen atoms in total. The standard InChI is InChI=1S/C11H10N4/c1-15-7-6-11(14-15)13-10-5-3-2-4-9(10)8-12/h2-7H,1H3,(H,13,14). The highest BCUT2D eigenvalue weighted by molar-refractivity contribution is 5.63. The quantitative estimate of drug-likeness (QED) is 0.803. The summed E-state index contributed by atoms with van der Waals surface area (Å²) in [5.41, 5.74) is 1.39. The van der Waals surface area contributed by atoms with Crippen molar-refractivity contribution < 1.29 is 0 Å². The molecule has 0 aliphatic carbocycles. The van der Waals surface area contributed by atoms with Gasteiger partial charge < -0.3 is 5.32 Å². The minimum absolute atomic E-state index is 0.614. The van der Waals surface area contributed by atoms with E-state index in [1.807, 2.05) is 37.5 Å². The predicted octanol–water partition coefficient (Wildman–Crippen LogP) is 2.04. The van der Waals surface area contributed by atoms with Crippen molar-refractivity contribution in [2.24, 2.45) is 7.05 Å². The number of nitrogens with zero attached hydrogens (tertiary/aromatic N) is 3. The molecule has 0 unspecified atom stereocenters. The Hall–Kier alpha value is -2.28. The zero-order valence-corrected chi connectivity index (χ0v) is 8.31. The van der Waals surface area contributed by atoms with Crippen LogP contribution < -0.4 is 5.32 Å². The number of aryl methyl sites for hydroxylation is 1. The maximum absolute atomic E-state index is 8.89. The van der Waals surface area contributed by atoms with Gasteiger partial charge in [-0.2, -0.15) is 10.4 Å². The normalized spacial score (nSPS) is 9.60. The SMILES string of the molecule is Cn1ccc(Nc2ccccc2C#N)n1. The highest BCUT2D eigenvalue weighted by Gasteiger charge is 2.02. The van der Waals surface area contributed by atoms with Crippen molar-refractivity contribution in [3.63, 3.8) is 0 Å². The molecule has 2 rings (SSSR count). The number of anilines is 2. The van der Waals surface area contributed by atoms with Gasteiger partial charge in [-0.15, -0.1) is 0 Å². The van der Waals surface area contributed by atoms with Crippen LogP contribution in [-0.4, -0.2) is 9.78 Å². The number of para-hydroxylation sites is 1. The largest absolute Gasteiger partial charge is 0.338 e. The van der Waals surface area contributed by atoms with Gasteiger partial charge in [0.25, 0.3) is 0 Å². The third-order valence-electron chi connectivity index (χ3n) is 2.02. The van der Waals surface area contributed by atoms with Gasteiger partial charge in [-0.25, -0.2) is 0 Å². The highest BCUT2D eigenvalue weighted by atomic mass is 15.3. The van der Waals surface area contributed by atoms with E-state index in [2.05, 4.69) is 16.5 Å². The number of nitriles is 1. The van der Waals surface area contributed by atoms with Gasteiger partial charge in [0.05, 0.1) is 11.3 Å². The number of hydrogen-bond donors (Lipinski definition) is 1. The van der Waals surface area contributed by atoms with Crippen LogP contribution in [0.4, 0.5) is 11.5 Å². The molecule has 0 atom stereocenters. The predicted molar refractivity (Wildman–Crippen MR) is 57.6 cm³/mol. The van der Waals surface area contributed by atoms with Gasteiger partial charge in [-0.05, 0) is 12.1 Å². The molecule has 1 aromatic heterocycles. The minimum Gasteiger partial charge on any atom is -0.338 e. The lowest BCUT2D eigenvalue weighted by Crippen LogP contribution is -1.95. The molecule has 0 saturated carbocycles. The monoisotopic (exact) mass is 198 g/mol. The van der Waals surface area contributed by atoms with Crippen LogP contribution in [0.15, 0.2) is 36.5 Å². The summed E-state index contributed by atoms with van der Waals surface area (Å²) in [5, 5.41) is 16.2. The topological polar surface area (TPSA) is 53.6 Å². The first-order valence-electron chi connectivity index (χ1n) is 4.55. The first kappa shape index (κ1) is 9.28. The van der Waals surface area contributed by atoms with E-state index in [1.54, 1.807) is 10.7 Å². The smallest absolute Gasteiger partial charge is 0.152 e. The second-order valence-electron chi connectivity index (χ2n) is 3.16. The first-order chi connectivity index (χ1) is 7.29. The highest BCUT2D eigenvalue weighted by Crippen LogP contribution is 2.18. The molecule has 0 bridgehead atoms. The fraction of sp³-hybridized carbons (Fsp3) is 0.0909. The van der Waals surface area contributed by atoms with E-state index in [-0.39, 0.29) is 0 Å². The lowest BCUT2D eigenvalue weighted by molar-refractivity contribution is 0.771. The Balaban J connectivity index is 2.28. The van der Waals surface area contributed by atoms with Crippen molar-refractivity contribution in [3.8, 4) is 6.07 Å². The van der Waals surface area contributed by atoms with E-state index in [9.17, 15) is 0 Å². The van der Waals surface area contributed by atoms with Gasteiger partial charge in [0.15, 0.2) is 5.82 Å². The van der Waals surface area contributed by atoms with Gasteiger partial charge in [0.2, 0.25) is 0 Å². The fourth-order valence-electron chi connectivity index (χ4n) is 1.31. The lowest BCUT2D eigenvalue weighted by atomic mass is 10.2. The Morgan fingerprint density at radius 2 is 2.13 bits per heavy atom. The fourth-order valence-corrected chi connectivity index (χ4v) is 1.31. The average Bonchev–Trinajstić information content (AvgIpc) is 2.65. The van der Waals surface area contributed by atoms with Gasteiger partial charge >= 0.3 is 0 Å². The van der Waals surface area contributed by atoms with Crippen LogP contribution in [0.1, 0.15) is 5.56 Å². The van der Waals surface area contributed by atoms with Crippen molar-refractivity contribution in [1.29, 1.82) is 5.26 Å². The van der Waals surface area contributed by atoms with E-state index in [4.69, 9.17) is 5.26 Å². The van der Waals surface area contributed by atoms with Crippen molar-refractivity contribution in [1.82, 2.24) is 9.78 Å². The van der Waals surface area contributed by atoms with Gasteiger partial charge in [0.1, 0.15) is 6.07 Å². The Morgan fingerprint density at radius 3 is 2.80 bits per heavy atom. The van der Waals surface area contributed by atoms with E-state index in [1.165, 1.54) is 0 Å². The van der Waals surface area contributed by atoms with Crippen LogP contribution >= 0.6 is 0 Å². The van der Waals surface area contributed by atoms with Crippen LogP contribution in [0, 0.1) is 11.3 Å². The van der Waals surface area contributed by atoms with E-state index < -0.39 is 0 Å². The third kappa shape index (κ3) is 1.97. The summed E-state index contributed by atoms with van der Waals surface area (Å²) in [6, 6.07) is 11.3. The molecule has 0 saturated heterocycles. The maximum Gasteiger partial charge on any atom is 0.152 e. The molecule has 4 heteroatoms. The molecule has 1 aromatic carbocycles. The molecular weight excluding hydrogens is 188 g/mol. The molecule has 1 N–H and O–H groups in total. The molecule has 0 radical (unpaired) electrons. The van der Waals surface area contributed by atoms with Gasteiger partial charge in [0, 0.05) is 19.3 Å². The molecule has 2 aromatic rings. The number of aromatic nitrogens is 2. The second kappa shape index (κ2) is 3.84. The van der Waals surface area contributed by atoms with Gasteiger partial charge in [-0.3, -0.25) is 4.68 Å². The Kier molecular flexibility index (Phi) is 2.38. The van der Waals surface area contributed by atoms with Crippen LogP contribution in [0.5, 0.6) is 0 Å². The van der Waals surface area contributed by atoms with Crippen molar-refractivity contribution in [2.45, 2.75) is 0 Å². The molecule has 0 aliphatic rings. The third-order valence-corrected chi connectivity index (χ3v) is 2.02. The average molecular weight is 198 g/mol. The molecule has 0 spiro atoms. The van der Waals surface area contributed by atoms with Crippen molar-refractivity contribution in [2.75, 3.05) is 5.32 Å². The Labute approximate surface area is 87.8 Å². The summed E-state index contributed by atoms with van der Waals surface area (Å²) in [6.45, 7) is 0. The maximum atomic E-state index is 8.89. The van der Waals surface area contributed by atoms with Crippen LogP contribution in [0.3, 0.4) is 0 Å². The molecule has 15 heavy (non-hydrogen) atoms. The number of nitrogens with one attached hydrogen (secondary N) is 1. The molecular formula is C11H10N4. The summed E-state index contributed by atoms with van der Waals surface area (Å²) in [6.07, 6.45) is 1.84. The molecule has 0 amide bonds. The van der Waals surface area contributed by atoms with Crippen LogP contribution in [0.25, 0.3) is 0 Å². The van der Waals surface area contributed by atoms with E-state index >= 15 is 0 Å². The summed E-state index contributed by atoms with van der Waals surface area (Å²) in [7, 11) is 1.85. The molecule has 1 heterocycles.